The molecule has 0 heterocycles. The van der Waals surface area contributed by atoms with Crippen molar-refractivity contribution < 1.29 is 19.1 Å². The van der Waals surface area contributed by atoms with Crippen molar-refractivity contribution in [3.63, 3.8) is 0 Å². The maximum absolute atomic E-state index is 12.1. The first-order valence-electron chi connectivity index (χ1n) is 5.96. The molecule has 6 heteroatoms. The monoisotopic (exact) mass is 291 g/mol. The van der Waals surface area contributed by atoms with Crippen molar-refractivity contribution in [2.24, 2.45) is 11.1 Å². The standard InChI is InChI=1S/C13H21NO4.ClH/c1-6-12(9(15)18-11(3,4)5)8-13(12,14)10(16)17-7-2;/h6H,1,7-8,14H2,2-5H3;1H. The van der Waals surface area contributed by atoms with Crippen molar-refractivity contribution in [2.75, 3.05) is 6.61 Å². The Labute approximate surface area is 119 Å². The zero-order valence-electron chi connectivity index (χ0n) is 11.8. The summed E-state index contributed by atoms with van der Waals surface area (Å²) >= 11 is 0. The predicted molar refractivity (Wildman–Crippen MR) is 73.9 cm³/mol. The molecule has 0 aromatic rings. The number of carbonyl (C=O) groups is 2. The van der Waals surface area contributed by atoms with Crippen molar-refractivity contribution >= 4 is 24.3 Å². The average Bonchev–Trinajstić information content (AvgIpc) is 2.85. The van der Waals surface area contributed by atoms with Gasteiger partial charge in [-0.1, -0.05) is 6.08 Å². The minimum absolute atomic E-state index is 0. The van der Waals surface area contributed by atoms with Crippen LogP contribution in [0.2, 0.25) is 0 Å². The van der Waals surface area contributed by atoms with Crippen LogP contribution in [-0.2, 0) is 19.1 Å². The molecule has 0 aromatic heterocycles. The van der Waals surface area contributed by atoms with Crippen LogP contribution >= 0.6 is 12.4 Å². The molecule has 0 bridgehead atoms. The first-order valence-corrected chi connectivity index (χ1v) is 5.96. The number of esters is 2. The zero-order valence-corrected chi connectivity index (χ0v) is 12.6. The number of ether oxygens (including phenoxy) is 2. The van der Waals surface area contributed by atoms with E-state index < -0.39 is 28.5 Å². The maximum Gasteiger partial charge on any atom is 0.327 e. The Morgan fingerprint density at radius 3 is 2.26 bits per heavy atom. The topological polar surface area (TPSA) is 78.6 Å². The van der Waals surface area contributed by atoms with Gasteiger partial charge in [0, 0.05) is 0 Å². The Morgan fingerprint density at radius 1 is 1.37 bits per heavy atom. The third-order valence-corrected chi connectivity index (χ3v) is 2.98. The van der Waals surface area contributed by atoms with E-state index in [1.807, 2.05) is 0 Å². The fourth-order valence-corrected chi connectivity index (χ4v) is 1.87. The number of rotatable bonds is 4. The molecule has 19 heavy (non-hydrogen) atoms. The van der Waals surface area contributed by atoms with Gasteiger partial charge in [-0.25, -0.2) is 0 Å². The smallest absolute Gasteiger partial charge is 0.327 e. The largest absolute Gasteiger partial charge is 0.465 e. The number of nitrogens with two attached hydrogens (primary N) is 1. The molecule has 5 nitrogen and oxygen atoms in total. The highest BCUT2D eigenvalue weighted by Crippen LogP contribution is 2.57. The molecule has 0 aromatic carbocycles. The summed E-state index contributed by atoms with van der Waals surface area (Å²) in [7, 11) is 0. The summed E-state index contributed by atoms with van der Waals surface area (Å²) in [5.74, 6) is -1.11. The van der Waals surface area contributed by atoms with E-state index in [9.17, 15) is 9.59 Å². The van der Waals surface area contributed by atoms with Gasteiger partial charge in [0.2, 0.25) is 0 Å². The highest BCUT2D eigenvalue weighted by Gasteiger charge is 2.75. The maximum atomic E-state index is 12.1. The second kappa shape index (κ2) is 5.51. The van der Waals surface area contributed by atoms with E-state index in [4.69, 9.17) is 15.2 Å². The van der Waals surface area contributed by atoms with Crippen LogP contribution in [0.3, 0.4) is 0 Å². The molecular formula is C13H22ClNO4. The number of carbonyl (C=O) groups excluding carboxylic acids is 2. The molecule has 0 spiro atoms. The molecule has 0 aliphatic heterocycles. The van der Waals surface area contributed by atoms with Crippen LogP contribution in [0, 0.1) is 5.41 Å². The molecule has 1 aliphatic carbocycles. The first kappa shape index (κ1) is 17.9. The predicted octanol–water partition coefficient (Wildman–Crippen LogP) is 1.59. The van der Waals surface area contributed by atoms with Gasteiger partial charge in [-0.3, -0.25) is 9.59 Å². The molecule has 0 amide bonds. The number of hydrogen-bond donors (Lipinski definition) is 1. The van der Waals surface area contributed by atoms with Gasteiger partial charge in [0.15, 0.2) is 0 Å². The Balaban J connectivity index is 0.00000324. The van der Waals surface area contributed by atoms with E-state index in [-0.39, 0.29) is 25.4 Å². The molecule has 110 valence electrons. The average molecular weight is 292 g/mol. The quantitative estimate of drug-likeness (QED) is 0.628. The molecule has 1 aliphatic rings. The summed E-state index contributed by atoms with van der Waals surface area (Å²) in [5, 5.41) is 0. The lowest BCUT2D eigenvalue weighted by atomic mass is 10.00. The van der Waals surface area contributed by atoms with Gasteiger partial charge in [-0.15, -0.1) is 19.0 Å². The SMILES string of the molecule is C=CC1(C(=O)OC(C)(C)C)CC1(N)C(=O)OCC.Cl. The van der Waals surface area contributed by atoms with Gasteiger partial charge in [0.1, 0.15) is 16.6 Å². The van der Waals surface area contributed by atoms with E-state index in [1.165, 1.54) is 6.08 Å². The van der Waals surface area contributed by atoms with E-state index in [0.29, 0.717) is 0 Å². The van der Waals surface area contributed by atoms with Crippen LogP contribution in [0.1, 0.15) is 34.1 Å². The van der Waals surface area contributed by atoms with Gasteiger partial charge in [0.25, 0.3) is 0 Å². The fourth-order valence-electron chi connectivity index (χ4n) is 1.87. The Hall–Kier alpha value is -1.07. The molecule has 1 rings (SSSR count). The number of hydrogen-bond acceptors (Lipinski definition) is 5. The van der Waals surface area contributed by atoms with E-state index in [2.05, 4.69) is 6.58 Å². The van der Waals surface area contributed by atoms with Gasteiger partial charge in [-0.05, 0) is 34.1 Å². The normalized spacial score (nSPS) is 28.9. The minimum Gasteiger partial charge on any atom is -0.465 e. The van der Waals surface area contributed by atoms with Crippen molar-refractivity contribution in [3.8, 4) is 0 Å². The number of halogens is 1. The van der Waals surface area contributed by atoms with E-state index in [0.717, 1.165) is 0 Å². The van der Waals surface area contributed by atoms with Crippen molar-refractivity contribution in [1.82, 2.24) is 0 Å². The summed E-state index contributed by atoms with van der Waals surface area (Å²) in [4.78, 5) is 23.9. The summed E-state index contributed by atoms with van der Waals surface area (Å²) in [6, 6.07) is 0. The molecule has 2 N–H and O–H groups in total. The van der Waals surface area contributed by atoms with Crippen LogP contribution in [0.15, 0.2) is 12.7 Å². The van der Waals surface area contributed by atoms with Gasteiger partial charge >= 0.3 is 11.9 Å². The van der Waals surface area contributed by atoms with Crippen LogP contribution in [0.4, 0.5) is 0 Å². The van der Waals surface area contributed by atoms with Crippen LogP contribution in [-0.4, -0.2) is 29.7 Å². The zero-order chi connectivity index (χ0) is 14.2. The lowest BCUT2D eigenvalue weighted by Gasteiger charge is -2.24. The molecule has 2 atom stereocenters. The Bertz CT molecular complexity index is 391. The molecular weight excluding hydrogens is 270 g/mol. The Morgan fingerprint density at radius 2 is 1.89 bits per heavy atom. The lowest BCUT2D eigenvalue weighted by Crippen LogP contribution is -2.44. The third kappa shape index (κ3) is 3.09. The lowest BCUT2D eigenvalue weighted by molar-refractivity contribution is -0.163. The molecule has 0 saturated heterocycles. The molecule has 0 radical (unpaired) electrons. The van der Waals surface area contributed by atoms with Gasteiger partial charge in [-0.2, -0.15) is 0 Å². The summed E-state index contributed by atoms with van der Waals surface area (Å²) in [5.41, 5.74) is 2.81. The third-order valence-electron chi connectivity index (χ3n) is 2.98. The van der Waals surface area contributed by atoms with Gasteiger partial charge in [0.05, 0.1) is 6.61 Å². The van der Waals surface area contributed by atoms with Gasteiger partial charge < -0.3 is 15.2 Å². The molecule has 1 fully saturated rings. The highest BCUT2D eigenvalue weighted by molar-refractivity contribution is 5.99. The first-order chi connectivity index (χ1) is 8.13. The van der Waals surface area contributed by atoms with E-state index >= 15 is 0 Å². The molecule has 1 saturated carbocycles. The minimum atomic E-state index is -1.34. The van der Waals surface area contributed by atoms with E-state index in [1.54, 1.807) is 27.7 Å². The second-order valence-corrected chi connectivity index (χ2v) is 5.55. The molecule has 2 unspecified atom stereocenters. The van der Waals surface area contributed by atoms with Crippen molar-refractivity contribution in [2.45, 2.75) is 45.3 Å². The van der Waals surface area contributed by atoms with Crippen molar-refractivity contribution in [3.05, 3.63) is 12.7 Å². The summed E-state index contributed by atoms with van der Waals surface area (Å²) in [6.45, 7) is 10.8. The Kier molecular flexibility index (Phi) is 5.20. The fraction of sp³-hybridized carbons (Fsp3) is 0.692. The van der Waals surface area contributed by atoms with Crippen LogP contribution in [0.25, 0.3) is 0 Å². The summed E-state index contributed by atoms with van der Waals surface area (Å²) in [6.07, 6.45) is 1.56. The van der Waals surface area contributed by atoms with Crippen molar-refractivity contribution in [1.29, 1.82) is 0 Å². The van der Waals surface area contributed by atoms with Crippen LogP contribution < -0.4 is 5.73 Å². The van der Waals surface area contributed by atoms with Crippen LogP contribution in [0.5, 0.6) is 0 Å². The second-order valence-electron chi connectivity index (χ2n) is 5.55. The summed E-state index contributed by atoms with van der Waals surface area (Å²) < 4.78 is 10.2. The highest BCUT2D eigenvalue weighted by atomic mass is 35.5.